The highest BCUT2D eigenvalue weighted by Gasteiger charge is 2.17. The Balaban J connectivity index is 1.50. The fraction of sp³-hybridized carbons (Fsp3) is 0.231. The Labute approximate surface area is 228 Å². The van der Waals surface area contributed by atoms with Gasteiger partial charge in [-0.25, -0.2) is 9.97 Å². The Morgan fingerprint density at radius 2 is 1.95 bits per heavy atom. The van der Waals surface area contributed by atoms with Crippen molar-refractivity contribution in [2.75, 3.05) is 11.4 Å². The maximum Gasteiger partial charge on any atom is 0.325 e. The lowest BCUT2D eigenvalue weighted by Gasteiger charge is -2.22. The molecule has 192 valence electrons. The quantitative estimate of drug-likeness (QED) is 0.248. The molecule has 2 aromatic carbocycles. The zero-order valence-corrected chi connectivity index (χ0v) is 22.3. The highest BCUT2D eigenvalue weighted by molar-refractivity contribution is 7.14. The number of nitrogens with zero attached hydrogens (tertiary/aromatic N) is 4. The Morgan fingerprint density at radius 3 is 2.62 bits per heavy atom. The minimum atomic E-state index is -1.08. The van der Waals surface area contributed by atoms with Crippen LogP contribution in [0.4, 0.5) is 5.13 Å². The lowest BCUT2D eigenvalue weighted by molar-refractivity contribution is -0.138. The van der Waals surface area contributed by atoms with Crippen LogP contribution in [0.3, 0.4) is 0 Å². The summed E-state index contributed by atoms with van der Waals surface area (Å²) in [5.41, 5.74) is 3.11. The summed E-state index contributed by atoms with van der Waals surface area (Å²) in [7, 11) is 0. The summed E-state index contributed by atoms with van der Waals surface area (Å²) in [5.74, 6) is -1.51. The van der Waals surface area contributed by atoms with Gasteiger partial charge in [0.2, 0.25) is 0 Å². The topological polar surface area (TPSA) is 100 Å². The average Bonchev–Trinajstić information content (AvgIpc) is 3.58. The number of imidazole rings is 1. The molecule has 1 atom stereocenters. The van der Waals surface area contributed by atoms with E-state index in [4.69, 9.17) is 33.3 Å². The van der Waals surface area contributed by atoms with Crippen LogP contribution < -0.4 is 10.2 Å². The number of carbonyl (C=O) groups is 2. The van der Waals surface area contributed by atoms with E-state index in [-0.39, 0.29) is 0 Å². The molecule has 1 unspecified atom stereocenters. The molecule has 4 rings (SSSR count). The number of halogens is 2. The summed E-state index contributed by atoms with van der Waals surface area (Å²) in [5, 5.41) is 15.3. The Hall–Kier alpha value is -3.40. The van der Waals surface area contributed by atoms with E-state index >= 15 is 0 Å². The van der Waals surface area contributed by atoms with Gasteiger partial charge in [0, 0.05) is 48.5 Å². The molecule has 4 aromatic rings. The maximum atomic E-state index is 12.3. The van der Waals surface area contributed by atoms with Crippen molar-refractivity contribution in [3.05, 3.63) is 87.7 Å². The minimum absolute atomic E-state index is 0.402. The molecular weight excluding hydrogens is 533 g/mol. The Kier molecular flexibility index (Phi) is 8.81. The van der Waals surface area contributed by atoms with Gasteiger partial charge in [0.15, 0.2) is 5.13 Å². The number of hydrogen-bond acceptors (Lipinski definition) is 6. The lowest BCUT2D eigenvalue weighted by atomic mass is 10.1. The van der Waals surface area contributed by atoms with E-state index in [1.165, 1.54) is 6.92 Å². The monoisotopic (exact) mass is 557 g/mol. The summed E-state index contributed by atoms with van der Waals surface area (Å²) in [6, 6.07) is 11.6. The van der Waals surface area contributed by atoms with Gasteiger partial charge in [0.05, 0.1) is 22.1 Å². The van der Waals surface area contributed by atoms with Crippen molar-refractivity contribution in [3.63, 3.8) is 0 Å². The largest absolute Gasteiger partial charge is 0.480 e. The van der Waals surface area contributed by atoms with Crippen LogP contribution in [-0.2, 0) is 17.9 Å². The van der Waals surface area contributed by atoms with Crippen molar-refractivity contribution in [2.24, 2.45) is 0 Å². The zero-order chi connectivity index (χ0) is 26.4. The van der Waals surface area contributed by atoms with E-state index < -0.39 is 17.9 Å². The van der Waals surface area contributed by atoms with Crippen LogP contribution in [-0.4, -0.2) is 44.1 Å². The Bertz CT molecular complexity index is 1360. The van der Waals surface area contributed by atoms with Crippen molar-refractivity contribution in [3.8, 4) is 11.3 Å². The molecule has 0 spiro atoms. The molecule has 37 heavy (non-hydrogen) atoms. The van der Waals surface area contributed by atoms with E-state index in [1.807, 2.05) is 34.3 Å². The number of aryl methyl sites for hydroxylation is 1. The number of carboxylic acid groups (broad SMARTS) is 1. The van der Waals surface area contributed by atoms with Crippen LogP contribution in [0.25, 0.3) is 11.3 Å². The van der Waals surface area contributed by atoms with Gasteiger partial charge in [0.1, 0.15) is 6.04 Å². The SMILES string of the molecule is CC(NC(=O)c1ccc(CN(CCCn2ccnc2)c2nc(-c3ccc(Cl)c(Cl)c3)cs2)cc1)C(=O)O. The second kappa shape index (κ2) is 12.2. The van der Waals surface area contributed by atoms with Crippen molar-refractivity contribution in [1.29, 1.82) is 0 Å². The number of aliphatic carboxylic acids is 1. The summed E-state index contributed by atoms with van der Waals surface area (Å²) in [6.07, 6.45) is 6.37. The van der Waals surface area contributed by atoms with Gasteiger partial charge < -0.3 is 19.9 Å². The van der Waals surface area contributed by atoms with E-state index in [0.29, 0.717) is 22.2 Å². The number of carbonyl (C=O) groups excluding carboxylic acids is 1. The van der Waals surface area contributed by atoms with Gasteiger partial charge in [-0.3, -0.25) is 9.59 Å². The van der Waals surface area contributed by atoms with Crippen molar-refractivity contribution in [1.82, 2.24) is 19.9 Å². The molecule has 0 bridgehead atoms. The van der Waals surface area contributed by atoms with E-state index in [1.54, 1.807) is 48.1 Å². The van der Waals surface area contributed by atoms with Crippen LogP contribution in [0.1, 0.15) is 29.3 Å². The highest BCUT2D eigenvalue weighted by Crippen LogP contribution is 2.32. The summed E-state index contributed by atoms with van der Waals surface area (Å²) < 4.78 is 2.03. The number of benzene rings is 2. The number of amides is 1. The molecule has 0 aliphatic rings. The molecule has 11 heteroatoms. The molecule has 0 aliphatic heterocycles. The summed E-state index contributed by atoms with van der Waals surface area (Å²) >= 11 is 13.8. The third kappa shape index (κ3) is 7.09. The number of nitrogens with one attached hydrogen (secondary N) is 1. The molecule has 0 saturated carbocycles. The highest BCUT2D eigenvalue weighted by atomic mass is 35.5. The molecule has 2 N–H and O–H groups in total. The first-order chi connectivity index (χ1) is 17.8. The normalized spacial score (nSPS) is 11.8. The van der Waals surface area contributed by atoms with E-state index in [0.717, 1.165) is 41.5 Å². The number of rotatable bonds is 11. The van der Waals surface area contributed by atoms with Crippen LogP contribution in [0.15, 0.2) is 66.6 Å². The Morgan fingerprint density at radius 1 is 1.16 bits per heavy atom. The second-order valence-electron chi connectivity index (χ2n) is 8.45. The van der Waals surface area contributed by atoms with Gasteiger partial charge in [-0.2, -0.15) is 0 Å². The standard InChI is InChI=1S/C26H25Cl2N5O3S/c1-17(25(35)36)30-24(34)19-5-3-18(4-6-19)14-33(11-2-10-32-12-9-29-16-32)26-31-23(15-37-26)20-7-8-21(27)22(28)13-20/h3-9,12-13,15-17H,2,10-11,14H2,1H3,(H,30,34)(H,35,36). The van der Waals surface area contributed by atoms with Gasteiger partial charge in [0.25, 0.3) is 5.91 Å². The van der Waals surface area contributed by atoms with Crippen LogP contribution >= 0.6 is 34.5 Å². The minimum Gasteiger partial charge on any atom is -0.480 e. The average molecular weight is 558 g/mol. The molecule has 0 fully saturated rings. The molecule has 0 aliphatic carbocycles. The summed E-state index contributed by atoms with van der Waals surface area (Å²) in [4.78, 5) is 34.5. The third-order valence-electron chi connectivity index (χ3n) is 5.69. The number of anilines is 1. The molecule has 0 saturated heterocycles. The number of thiazole rings is 1. The third-order valence-corrected chi connectivity index (χ3v) is 7.33. The first-order valence-corrected chi connectivity index (χ1v) is 13.2. The fourth-order valence-corrected chi connectivity index (χ4v) is 4.79. The van der Waals surface area contributed by atoms with Crippen LogP contribution in [0.2, 0.25) is 10.0 Å². The maximum absolute atomic E-state index is 12.3. The van der Waals surface area contributed by atoms with Crippen molar-refractivity contribution < 1.29 is 14.7 Å². The first-order valence-electron chi connectivity index (χ1n) is 11.5. The fourth-order valence-electron chi connectivity index (χ4n) is 3.63. The van der Waals surface area contributed by atoms with E-state index in [9.17, 15) is 9.59 Å². The van der Waals surface area contributed by atoms with Gasteiger partial charge in [-0.05, 0) is 43.2 Å². The molecule has 2 aromatic heterocycles. The first kappa shape index (κ1) is 26.7. The van der Waals surface area contributed by atoms with Crippen LogP contribution in [0.5, 0.6) is 0 Å². The van der Waals surface area contributed by atoms with Crippen molar-refractivity contribution in [2.45, 2.75) is 32.5 Å². The smallest absolute Gasteiger partial charge is 0.325 e. The molecule has 2 heterocycles. The molecule has 1 amide bonds. The van der Waals surface area contributed by atoms with E-state index in [2.05, 4.69) is 15.2 Å². The lowest BCUT2D eigenvalue weighted by Crippen LogP contribution is -2.38. The van der Waals surface area contributed by atoms with Gasteiger partial charge in [-0.1, -0.05) is 41.4 Å². The molecular formula is C26H25Cl2N5O3S. The van der Waals surface area contributed by atoms with Gasteiger partial charge in [-0.15, -0.1) is 11.3 Å². The summed E-state index contributed by atoms with van der Waals surface area (Å²) in [6.45, 7) is 3.59. The number of carboxylic acids is 1. The molecule has 0 radical (unpaired) electrons. The van der Waals surface area contributed by atoms with Crippen LogP contribution in [0, 0.1) is 0 Å². The predicted molar refractivity (Wildman–Crippen MR) is 146 cm³/mol. The number of aromatic nitrogens is 3. The number of hydrogen-bond donors (Lipinski definition) is 2. The zero-order valence-electron chi connectivity index (χ0n) is 20.0. The molecule has 8 nitrogen and oxygen atoms in total. The van der Waals surface area contributed by atoms with Gasteiger partial charge >= 0.3 is 5.97 Å². The predicted octanol–water partition coefficient (Wildman–Crippen LogP) is 5.61. The second-order valence-corrected chi connectivity index (χ2v) is 10.1. The van der Waals surface area contributed by atoms with Crippen molar-refractivity contribution >= 4 is 51.5 Å².